The van der Waals surface area contributed by atoms with Gasteiger partial charge in [-0.1, -0.05) is 0 Å². The third-order valence-electron chi connectivity index (χ3n) is 0. The SMILES string of the molecule is O.O.[Cu].[Pd+2]. The summed E-state index contributed by atoms with van der Waals surface area (Å²) in [5.74, 6) is 0. The maximum atomic E-state index is 0. The van der Waals surface area contributed by atoms with Crippen LogP contribution in [0.25, 0.3) is 0 Å². The van der Waals surface area contributed by atoms with Gasteiger partial charge >= 0.3 is 20.4 Å². The molecule has 0 saturated carbocycles. The summed E-state index contributed by atoms with van der Waals surface area (Å²) in [6.07, 6.45) is 0. The van der Waals surface area contributed by atoms with Crippen LogP contribution in [0.3, 0.4) is 0 Å². The minimum atomic E-state index is 0. The van der Waals surface area contributed by atoms with Crippen molar-refractivity contribution in [1.29, 1.82) is 0 Å². The normalized spacial score (nSPS) is 0. The van der Waals surface area contributed by atoms with Gasteiger partial charge in [0, 0.05) is 17.1 Å². The molecule has 1 radical (unpaired) electrons. The molecule has 0 aromatic heterocycles. The third-order valence-corrected chi connectivity index (χ3v) is 0. The summed E-state index contributed by atoms with van der Waals surface area (Å²) >= 11 is 0. The van der Waals surface area contributed by atoms with E-state index in [0.29, 0.717) is 0 Å². The van der Waals surface area contributed by atoms with Crippen molar-refractivity contribution in [2.45, 2.75) is 0 Å². The first-order chi connectivity index (χ1) is 0. The van der Waals surface area contributed by atoms with Gasteiger partial charge in [0.25, 0.3) is 0 Å². The van der Waals surface area contributed by atoms with Crippen molar-refractivity contribution in [2.75, 3.05) is 0 Å². The van der Waals surface area contributed by atoms with Gasteiger partial charge in [0.1, 0.15) is 0 Å². The zero-order valence-corrected chi connectivity index (χ0v) is 4.11. The third kappa shape index (κ3) is 11.3. The predicted octanol–water partition coefficient (Wildman–Crippen LogP) is -1.65. The molecule has 0 aliphatic heterocycles. The van der Waals surface area contributed by atoms with E-state index >= 15 is 0 Å². The van der Waals surface area contributed by atoms with Gasteiger partial charge in [0.2, 0.25) is 0 Å². The van der Waals surface area contributed by atoms with Crippen molar-refractivity contribution in [3.8, 4) is 0 Å². The van der Waals surface area contributed by atoms with Crippen LogP contribution in [0.15, 0.2) is 0 Å². The fourth-order valence-electron chi connectivity index (χ4n) is 0. The largest absolute Gasteiger partial charge is 2.00 e. The van der Waals surface area contributed by atoms with Crippen LogP contribution in [-0.2, 0) is 37.5 Å². The van der Waals surface area contributed by atoms with Crippen molar-refractivity contribution in [3.05, 3.63) is 0 Å². The van der Waals surface area contributed by atoms with Crippen LogP contribution in [0, 0.1) is 0 Å². The minimum Gasteiger partial charge on any atom is -0.412 e. The topological polar surface area (TPSA) is 63.0 Å². The number of rotatable bonds is 0. The maximum Gasteiger partial charge on any atom is 2.00 e. The second kappa shape index (κ2) is 32.5. The number of hydrogen-bond donors (Lipinski definition) is 0. The average molecular weight is 206 g/mol. The standard InChI is InChI=1S/Cu.2H2O.Pd/h;2*1H2;/q;;;+2. The molecule has 0 atom stereocenters. The molecule has 0 unspecified atom stereocenters. The molecular weight excluding hydrogens is 202 g/mol. The Balaban J connectivity index is 0. The Morgan fingerprint density at radius 3 is 0.750 bits per heavy atom. The van der Waals surface area contributed by atoms with Crippen molar-refractivity contribution in [3.63, 3.8) is 0 Å². The van der Waals surface area contributed by atoms with Crippen LogP contribution in [0.5, 0.6) is 0 Å². The summed E-state index contributed by atoms with van der Waals surface area (Å²) in [6, 6.07) is 0. The van der Waals surface area contributed by atoms with E-state index in [1.807, 2.05) is 0 Å². The van der Waals surface area contributed by atoms with E-state index in [-0.39, 0.29) is 48.4 Å². The molecule has 0 saturated heterocycles. The van der Waals surface area contributed by atoms with E-state index in [9.17, 15) is 0 Å². The smallest absolute Gasteiger partial charge is 0.412 e. The van der Waals surface area contributed by atoms with E-state index in [0.717, 1.165) is 0 Å². The van der Waals surface area contributed by atoms with Crippen molar-refractivity contribution in [1.82, 2.24) is 0 Å². The van der Waals surface area contributed by atoms with Gasteiger partial charge in [0.05, 0.1) is 0 Å². The summed E-state index contributed by atoms with van der Waals surface area (Å²) < 4.78 is 0. The molecule has 35 valence electrons. The molecule has 0 rings (SSSR count). The summed E-state index contributed by atoms with van der Waals surface area (Å²) in [6.45, 7) is 0. The molecule has 0 aromatic carbocycles. The van der Waals surface area contributed by atoms with Gasteiger partial charge < -0.3 is 11.0 Å². The van der Waals surface area contributed by atoms with E-state index in [2.05, 4.69) is 0 Å². The molecule has 0 bridgehead atoms. The molecule has 4 N–H and O–H groups in total. The molecule has 0 amide bonds. The summed E-state index contributed by atoms with van der Waals surface area (Å²) in [7, 11) is 0. The van der Waals surface area contributed by atoms with E-state index < -0.39 is 0 Å². The summed E-state index contributed by atoms with van der Waals surface area (Å²) in [4.78, 5) is 0. The van der Waals surface area contributed by atoms with Crippen molar-refractivity contribution >= 4 is 0 Å². The van der Waals surface area contributed by atoms with Crippen molar-refractivity contribution in [2.24, 2.45) is 0 Å². The molecule has 0 aromatic rings. The second-order valence-corrected chi connectivity index (χ2v) is 0. The molecule has 4 heteroatoms. The molecule has 0 spiro atoms. The van der Waals surface area contributed by atoms with Crippen LogP contribution >= 0.6 is 0 Å². The number of hydrogen-bond acceptors (Lipinski definition) is 0. The first kappa shape index (κ1) is 70.7. The maximum absolute atomic E-state index is 0. The minimum absolute atomic E-state index is 0. The van der Waals surface area contributed by atoms with Crippen molar-refractivity contribution < 1.29 is 48.4 Å². The molecule has 2 nitrogen and oxygen atoms in total. The molecule has 0 aliphatic rings. The Morgan fingerprint density at radius 2 is 0.750 bits per heavy atom. The van der Waals surface area contributed by atoms with Crippen LogP contribution in [0.4, 0.5) is 0 Å². The Kier molecular flexibility index (Phi) is 575. The second-order valence-electron chi connectivity index (χ2n) is 0. The first-order valence-electron chi connectivity index (χ1n) is 0. The predicted molar refractivity (Wildman–Crippen MR) is 7.23 cm³/mol. The van der Waals surface area contributed by atoms with Gasteiger partial charge in [-0.25, -0.2) is 0 Å². The fraction of sp³-hybridized carbons (Fsp3) is 0. The molecule has 0 fully saturated rings. The van der Waals surface area contributed by atoms with Crippen LogP contribution < -0.4 is 0 Å². The van der Waals surface area contributed by atoms with Crippen LogP contribution in [-0.4, -0.2) is 11.0 Å². The van der Waals surface area contributed by atoms with Crippen LogP contribution in [0.2, 0.25) is 0 Å². The Bertz CT molecular complexity index is 6.00. The molecular formula is H4CuO2Pd+2. The van der Waals surface area contributed by atoms with Gasteiger partial charge in [-0.3, -0.25) is 0 Å². The Hall–Kier alpha value is 1.10. The van der Waals surface area contributed by atoms with Gasteiger partial charge in [-0.15, -0.1) is 0 Å². The van der Waals surface area contributed by atoms with Gasteiger partial charge in [-0.05, 0) is 0 Å². The molecule has 0 heterocycles. The molecule has 4 heavy (non-hydrogen) atoms. The molecule has 0 aliphatic carbocycles. The van der Waals surface area contributed by atoms with Gasteiger partial charge in [0.15, 0.2) is 0 Å². The zero-order valence-electron chi connectivity index (χ0n) is 1.62. The quantitative estimate of drug-likeness (QED) is 0.426. The Labute approximate surface area is 48.7 Å². The first-order valence-corrected chi connectivity index (χ1v) is 0. The fourth-order valence-corrected chi connectivity index (χ4v) is 0. The average Bonchev–Trinajstić information content (AvgIpc) is 0. The van der Waals surface area contributed by atoms with E-state index in [1.54, 1.807) is 0 Å². The van der Waals surface area contributed by atoms with E-state index in [4.69, 9.17) is 0 Å². The summed E-state index contributed by atoms with van der Waals surface area (Å²) in [5.41, 5.74) is 0. The van der Waals surface area contributed by atoms with E-state index in [1.165, 1.54) is 0 Å². The zero-order chi connectivity index (χ0) is 0. The van der Waals surface area contributed by atoms with Crippen LogP contribution in [0.1, 0.15) is 0 Å². The Morgan fingerprint density at radius 1 is 0.750 bits per heavy atom. The summed E-state index contributed by atoms with van der Waals surface area (Å²) in [5, 5.41) is 0. The monoisotopic (exact) mass is 205 g/mol. The van der Waals surface area contributed by atoms with Gasteiger partial charge in [-0.2, -0.15) is 0 Å².